The van der Waals surface area contributed by atoms with E-state index in [0.717, 1.165) is 0 Å². The molecule has 0 amide bonds. The van der Waals surface area contributed by atoms with Gasteiger partial charge in [-0.15, -0.1) is 0 Å². The Labute approximate surface area is 122 Å². The van der Waals surface area contributed by atoms with E-state index in [9.17, 15) is 8.42 Å². The van der Waals surface area contributed by atoms with Crippen LogP contribution in [0.1, 0.15) is 24.4 Å². The van der Waals surface area contributed by atoms with Gasteiger partial charge >= 0.3 is 0 Å². The molecule has 0 fully saturated rings. The third kappa shape index (κ3) is 2.85. The van der Waals surface area contributed by atoms with E-state index in [0.29, 0.717) is 11.4 Å². The molecule has 0 saturated carbocycles. The molecule has 0 aliphatic heterocycles. The number of nitrogen functional groups attached to an aromatic ring is 1. The van der Waals surface area contributed by atoms with Crippen molar-refractivity contribution in [1.82, 2.24) is 19.7 Å². The van der Waals surface area contributed by atoms with Crippen LogP contribution < -0.4 is 15.2 Å². The summed E-state index contributed by atoms with van der Waals surface area (Å²) in [5.74, 6) is 0.433. The van der Waals surface area contributed by atoms with Gasteiger partial charge in [-0.3, -0.25) is 4.68 Å². The molecule has 21 heavy (non-hydrogen) atoms. The summed E-state index contributed by atoms with van der Waals surface area (Å²) in [6.45, 7) is 3.13. The van der Waals surface area contributed by atoms with Gasteiger partial charge in [0.2, 0.25) is 10.0 Å². The van der Waals surface area contributed by atoms with Gasteiger partial charge in [-0.05, 0) is 13.8 Å². The van der Waals surface area contributed by atoms with Gasteiger partial charge in [0.05, 0.1) is 19.3 Å². The van der Waals surface area contributed by atoms with E-state index >= 15 is 0 Å². The minimum Gasteiger partial charge on any atom is -0.493 e. The zero-order chi connectivity index (χ0) is 15.8. The molecule has 2 heterocycles. The summed E-state index contributed by atoms with van der Waals surface area (Å²) in [4.78, 5) is -0.163. The second-order valence-electron chi connectivity index (χ2n) is 4.55. The van der Waals surface area contributed by atoms with Crippen molar-refractivity contribution in [3.05, 3.63) is 17.7 Å². The average Bonchev–Trinajstić information content (AvgIpc) is 2.92. The number of hydrogen-bond acceptors (Lipinski definition) is 7. The molecule has 0 bridgehead atoms. The van der Waals surface area contributed by atoms with E-state index < -0.39 is 16.1 Å². The van der Waals surface area contributed by atoms with Crippen LogP contribution in [0.5, 0.6) is 5.75 Å². The lowest BCUT2D eigenvalue weighted by molar-refractivity contribution is 0.396. The van der Waals surface area contributed by atoms with Crippen LogP contribution in [0.3, 0.4) is 0 Å². The van der Waals surface area contributed by atoms with Crippen LogP contribution in [0.2, 0.25) is 0 Å². The summed E-state index contributed by atoms with van der Waals surface area (Å²) < 4.78 is 38.7. The summed E-state index contributed by atoms with van der Waals surface area (Å²) in [5.41, 5.74) is 6.00. The number of hydrogen-bond donors (Lipinski definition) is 2. The number of nitrogens with one attached hydrogen (secondary N) is 1. The molecule has 1 unspecified atom stereocenters. The van der Waals surface area contributed by atoms with Gasteiger partial charge in [0.25, 0.3) is 0 Å². The maximum absolute atomic E-state index is 12.4. The first-order valence-corrected chi connectivity index (χ1v) is 7.56. The van der Waals surface area contributed by atoms with E-state index in [4.69, 9.17) is 15.0 Å². The lowest BCUT2D eigenvalue weighted by Gasteiger charge is -2.13. The fourth-order valence-corrected chi connectivity index (χ4v) is 3.42. The average molecular weight is 315 g/mol. The number of anilines is 1. The van der Waals surface area contributed by atoms with E-state index in [2.05, 4.69) is 15.0 Å². The summed E-state index contributed by atoms with van der Waals surface area (Å²) >= 11 is 0. The lowest BCUT2D eigenvalue weighted by atomic mass is 10.2. The summed E-state index contributed by atoms with van der Waals surface area (Å²) in [7, 11) is -0.670. The van der Waals surface area contributed by atoms with Crippen molar-refractivity contribution in [2.24, 2.45) is 7.05 Å². The first-order valence-electron chi connectivity index (χ1n) is 6.08. The van der Waals surface area contributed by atoms with E-state index in [-0.39, 0.29) is 16.5 Å². The van der Waals surface area contributed by atoms with Crippen LogP contribution in [-0.4, -0.2) is 30.5 Å². The van der Waals surface area contributed by atoms with Crippen molar-refractivity contribution in [2.45, 2.75) is 24.8 Å². The molecule has 2 rings (SSSR count). The monoisotopic (exact) mass is 315 g/mol. The highest BCUT2D eigenvalue weighted by molar-refractivity contribution is 7.89. The Bertz CT molecular complexity index is 729. The summed E-state index contributed by atoms with van der Waals surface area (Å²) in [5, 5.41) is 7.63. The molecule has 1 atom stereocenters. The molecule has 0 aliphatic carbocycles. The topological polar surface area (TPSA) is 125 Å². The van der Waals surface area contributed by atoms with Crippen LogP contribution in [-0.2, 0) is 17.1 Å². The van der Waals surface area contributed by atoms with Crippen molar-refractivity contribution in [1.29, 1.82) is 0 Å². The predicted molar refractivity (Wildman–Crippen MR) is 74.1 cm³/mol. The Morgan fingerprint density at radius 2 is 2.19 bits per heavy atom. The molecule has 0 aromatic carbocycles. The maximum atomic E-state index is 12.4. The first kappa shape index (κ1) is 15.3. The molecule has 9 nitrogen and oxygen atoms in total. The first-order chi connectivity index (χ1) is 9.76. The Morgan fingerprint density at radius 1 is 1.52 bits per heavy atom. The number of methoxy groups -OCH3 is 1. The summed E-state index contributed by atoms with van der Waals surface area (Å²) in [6.07, 6.45) is 1.65. The predicted octanol–water partition coefficient (Wildman–Crippen LogP) is 0.347. The fraction of sp³-hybridized carbons (Fsp3) is 0.455. The van der Waals surface area contributed by atoms with Gasteiger partial charge in [-0.2, -0.15) is 5.10 Å². The standard InChI is InChI=1S/C11H17N5O4S/c1-6(9-8(19-4)5-16(3)13-9)15-21(17,18)10-7(2)20-14-11(10)12/h5-6,15H,1-4H3,(H2,12,14). The highest BCUT2D eigenvalue weighted by atomic mass is 32.2. The number of sulfonamides is 1. The van der Waals surface area contributed by atoms with Crippen LogP contribution in [0.4, 0.5) is 5.82 Å². The van der Waals surface area contributed by atoms with Crippen LogP contribution in [0.25, 0.3) is 0 Å². The van der Waals surface area contributed by atoms with Crippen molar-refractivity contribution in [3.63, 3.8) is 0 Å². The lowest BCUT2D eigenvalue weighted by Crippen LogP contribution is -2.28. The number of aryl methyl sites for hydroxylation is 2. The highest BCUT2D eigenvalue weighted by Crippen LogP contribution is 2.27. The Morgan fingerprint density at radius 3 is 2.71 bits per heavy atom. The SMILES string of the molecule is COc1cn(C)nc1C(C)NS(=O)(=O)c1c(N)noc1C. The van der Waals surface area contributed by atoms with Gasteiger partial charge in [0, 0.05) is 7.05 Å². The quantitative estimate of drug-likeness (QED) is 0.815. The number of ether oxygens (including phenoxy) is 1. The number of rotatable bonds is 5. The fourth-order valence-electron chi connectivity index (χ4n) is 2.00. The molecule has 0 radical (unpaired) electrons. The largest absolute Gasteiger partial charge is 0.493 e. The minimum atomic E-state index is -3.88. The van der Waals surface area contributed by atoms with Crippen LogP contribution >= 0.6 is 0 Å². The van der Waals surface area contributed by atoms with E-state index in [1.165, 1.54) is 18.7 Å². The molecule has 10 heteroatoms. The van der Waals surface area contributed by atoms with E-state index in [1.54, 1.807) is 20.2 Å². The second-order valence-corrected chi connectivity index (χ2v) is 6.20. The zero-order valence-electron chi connectivity index (χ0n) is 12.1. The highest BCUT2D eigenvalue weighted by Gasteiger charge is 2.28. The number of nitrogens with two attached hydrogens (primary N) is 1. The van der Waals surface area contributed by atoms with Crippen molar-refractivity contribution in [3.8, 4) is 5.75 Å². The molecule has 0 spiro atoms. The van der Waals surface area contributed by atoms with Gasteiger partial charge in [0.1, 0.15) is 5.69 Å². The number of aromatic nitrogens is 3. The summed E-state index contributed by atoms with van der Waals surface area (Å²) in [6, 6.07) is -0.611. The van der Waals surface area contributed by atoms with Gasteiger partial charge in [-0.1, -0.05) is 5.16 Å². The maximum Gasteiger partial charge on any atom is 0.248 e. The normalized spacial score (nSPS) is 13.3. The van der Waals surface area contributed by atoms with E-state index in [1.807, 2.05) is 0 Å². The molecule has 2 aromatic rings. The Hall–Kier alpha value is -2.07. The smallest absolute Gasteiger partial charge is 0.248 e. The van der Waals surface area contributed by atoms with Crippen molar-refractivity contribution < 1.29 is 17.7 Å². The molecular formula is C11H17N5O4S. The van der Waals surface area contributed by atoms with Gasteiger partial charge < -0.3 is 15.0 Å². The zero-order valence-corrected chi connectivity index (χ0v) is 12.9. The molecule has 3 N–H and O–H groups in total. The molecule has 0 saturated heterocycles. The van der Waals surface area contributed by atoms with Gasteiger partial charge in [-0.25, -0.2) is 13.1 Å². The molecule has 2 aromatic heterocycles. The number of nitrogens with zero attached hydrogens (tertiary/aromatic N) is 3. The van der Waals surface area contributed by atoms with Crippen molar-refractivity contribution in [2.75, 3.05) is 12.8 Å². The molecular weight excluding hydrogens is 298 g/mol. The van der Waals surface area contributed by atoms with Gasteiger partial charge in [0.15, 0.2) is 22.2 Å². The Kier molecular flexibility index (Phi) is 3.92. The minimum absolute atomic E-state index is 0.125. The second kappa shape index (κ2) is 5.37. The van der Waals surface area contributed by atoms with Crippen LogP contribution in [0.15, 0.2) is 15.6 Å². The van der Waals surface area contributed by atoms with Crippen molar-refractivity contribution >= 4 is 15.8 Å². The van der Waals surface area contributed by atoms with Crippen LogP contribution in [0, 0.1) is 6.92 Å². The molecule has 116 valence electrons. The third-order valence-corrected chi connectivity index (χ3v) is 4.58. The molecule has 0 aliphatic rings. The Balaban J connectivity index is 2.32. The third-order valence-electron chi connectivity index (χ3n) is 2.89.